The Labute approximate surface area is 119 Å². The first-order valence-electron chi connectivity index (χ1n) is 6.46. The van der Waals surface area contributed by atoms with E-state index in [0.29, 0.717) is 10.8 Å². The molecule has 0 aliphatic carbocycles. The van der Waals surface area contributed by atoms with Crippen molar-refractivity contribution in [3.63, 3.8) is 0 Å². The quantitative estimate of drug-likeness (QED) is 0.877. The van der Waals surface area contributed by atoms with Crippen LogP contribution in [0, 0.1) is 0 Å². The molecule has 2 N–H and O–H groups in total. The standard InChI is InChI=1S/C16H18ClNO/c1-2-13(18)11-12-7-9-14(10-8-12)19-16-6-4-3-5-15(16)17/h3-10,13H,2,11,18H2,1H3. The lowest BCUT2D eigenvalue weighted by Gasteiger charge is -2.10. The number of rotatable bonds is 5. The average Bonchev–Trinajstić information content (AvgIpc) is 2.43. The fourth-order valence-corrected chi connectivity index (χ4v) is 1.97. The molecule has 100 valence electrons. The molecule has 3 heteroatoms. The van der Waals surface area contributed by atoms with Crippen LogP contribution in [-0.4, -0.2) is 6.04 Å². The topological polar surface area (TPSA) is 35.2 Å². The van der Waals surface area contributed by atoms with Crippen molar-refractivity contribution in [1.82, 2.24) is 0 Å². The van der Waals surface area contributed by atoms with E-state index in [1.807, 2.05) is 48.5 Å². The van der Waals surface area contributed by atoms with E-state index in [2.05, 4.69) is 6.92 Å². The lowest BCUT2D eigenvalue weighted by Crippen LogP contribution is -2.21. The van der Waals surface area contributed by atoms with E-state index in [0.717, 1.165) is 18.6 Å². The van der Waals surface area contributed by atoms with Crippen LogP contribution in [-0.2, 0) is 6.42 Å². The predicted molar refractivity (Wildman–Crippen MR) is 79.9 cm³/mol. The molecule has 1 unspecified atom stereocenters. The van der Waals surface area contributed by atoms with Crippen LogP contribution in [0.25, 0.3) is 0 Å². The second-order valence-electron chi connectivity index (χ2n) is 4.55. The van der Waals surface area contributed by atoms with Crippen LogP contribution in [0.4, 0.5) is 0 Å². The van der Waals surface area contributed by atoms with Crippen molar-refractivity contribution < 1.29 is 4.74 Å². The first kappa shape index (κ1) is 13.9. The monoisotopic (exact) mass is 275 g/mol. The molecule has 0 bridgehead atoms. The average molecular weight is 276 g/mol. The van der Waals surface area contributed by atoms with E-state index >= 15 is 0 Å². The Hall–Kier alpha value is -1.51. The van der Waals surface area contributed by atoms with Gasteiger partial charge in [0.15, 0.2) is 0 Å². The van der Waals surface area contributed by atoms with E-state index in [1.54, 1.807) is 0 Å². The summed E-state index contributed by atoms with van der Waals surface area (Å²) in [5.41, 5.74) is 7.16. The second-order valence-corrected chi connectivity index (χ2v) is 4.96. The molecule has 0 saturated carbocycles. The van der Waals surface area contributed by atoms with Gasteiger partial charge in [-0.25, -0.2) is 0 Å². The minimum Gasteiger partial charge on any atom is -0.456 e. The molecule has 0 heterocycles. The van der Waals surface area contributed by atoms with Gasteiger partial charge in [0.1, 0.15) is 11.5 Å². The van der Waals surface area contributed by atoms with E-state index in [9.17, 15) is 0 Å². The maximum absolute atomic E-state index is 6.05. The fourth-order valence-electron chi connectivity index (χ4n) is 1.80. The van der Waals surface area contributed by atoms with Crippen LogP contribution >= 0.6 is 11.6 Å². The third kappa shape index (κ3) is 3.98. The highest BCUT2D eigenvalue weighted by Crippen LogP contribution is 2.28. The minimum atomic E-state index is 0.218. The Morgan fingerprint density at radius 3 is 2.42 bits per heavy atom. The summed E-state index contributed by atoms with van der Waals surface area (Å²) >= 11 is 6.05. The number of hydrogen-bond acceptors (Lipinski definition) is 2. The van der Waals surface area contributed by atoms with Gasteiger partial charge in [-0.2, -0.15) is 0 Å². The third-order valence-corrected chi connectivity index (χ3v) is 3.32. The van der Waals surface area contributed by atoms with Crippen molar-refractivity contribution >= 4 is 11.6 Å². The molecule has 0 radical (unpaired) electrons. The SMILES string of the molecule is CCC(N)Cc1ccc(Oc2ccccc2Cl)cc1. The molecule has 0 fully saturated rings. The number of halogens is 1. The summed E-state index contributed by atoms with van der Waals surface area (Å²) in [6, 6.07) is 15.6. The van der Waals surface area contributed by atoms with Crippen LogP contribution in [0.2, 0.25) is 5.02 Å². The number of ether oxygens (including phenoxy) is 1. The fraction of sp³-hybridized carbons (Fsp3) is 0.250. The molecule has 2 nitrogen and oxygen atoms in total. The van der Waals surface area contributed by atoms with Crippen molar-refractivity contribution in [2.75, 3.05) is 0 Å². The first-order chi connectivity index (χ1) is 9.19. The zero-order valence-corrected chi connectivity index (χ0v) is 11.7. The Morgan fingerprint density at radius 2 is 1.79 bits per heavy atom. The second kappa shape index (κ2) is 6.60. The zero-order valence-electron chi connectivity index (χ0n) is 11.0. The highest BCUT2D eigenvalue weighted by atomic mass is 35.5. The van der Waals surface area contributed by atoms with Gasteiger partial charge < -0.3 is 10.5 Å². The third-order valence-electron chi connectivity index (χ3n) is 3.01. The summed E-state index contributed by atoms with van der Waals surface area (Å²) in [7, 11) is 0. The smallest absolute Gasteiger partial charge is 0.146 e. The summed E-state index contributed by atoms with van der Waals surface area (Å²) in [6.45, 7) is 2.10. The van der Waals surface area contributed by atoms with Crippen molar-refractivity contribution in [2.45, 2.75) is 25.8 Å². The maximum Gasteiger partial charge on any atom is 0.146 e. The van der Waals surface area contributed by atoms with Crippen LogP contribution in [0.1, 0.15) is 18.9 Å². The Bertz CT molecular complexity index is 525. The molecule has 0 amide bonds. The van der Waals surface area contributed by atoms with E-state index < -0.39 is 0 Å². The summed E-state index contributed by atoms with van der Waals surface area (Å²) in [5.74, 6) is 1.45. The Morgan fingerprint density at radius 1 is 1.11 bits per heavy atom. The number of benzene rings is 2. The van der Waals surface area contributed by atoms with Gasteiger partial charge in [0.25, 0.3) is 0 Å². The van der Waals surface area contributed by atoms with Gasteiger partial charge in [-0.1, -0.05) is 42.8 Å². The van der Waals surface area contributed by atoms with E-state index in [1.165, 1.54) is 5.56 Å². The Kier molecular flexibility index (Phi) is 4.83. The van der Waals surface area contributed by atoms with Crippen LogP contribution in [0.5, 0.6) is 11.5 Å². The van der Waals surface area contributed by atoms with Gasteiger partial charge >= 0.3 is 0 Å². The molecule has 0 saturated heterocycles. The van der Waals surface area contributed by atoms with Crippen molar-refractivity contribution in [3.8, 4) is 11.5 Å². The highest BCUT2D eigenvalue weighted by molar-refractivity contribution is 6.32. The summed E-state index contributed by atoms with van der Waals surface area (Å²) in [6.07, 6.45) is 1.88. The van der Waals surface area contributed by atoms with E-state index in [-0.39, 0.29) is 6.04 Å². The van der Waals surface area contributed by atoms with Gasteiger partial charge in [0.2, 0.25) is 0 Å². The lowest BCUT2D eigenvalue weighted by molar-refractivity contribution is 0.482. The normalized spacial score (nSPS) is 12.2. The van der Waals surface area contributed by atoms with Crippen molar-refractivity contribution in [2.24, 2.45) is 5.73 Å². The molecule has 1 atom stereocenters. The summed E-state index contributed by atoms with van der Waals surface area (Å²) < 4.78 is 5.73. The van der Waals surface area contributed by atoms with E-state index in [4.69, 9.17) is 22.1 Å². The maximum atomic E-state index is 6.05. The van der Waals surface area contributed by atoms with Gasteiger partial charge in [-0.3, -0.25) is 0 Å². The van der Waals surface area contributed by atoms with Crippen LogP contribution < -0.4 is 10.5 Å². The molecule has 0 aliphatic heterocycles. The molecule has 2 aromatic rings. The molecule has 2 aromatic carbocycles. The molecular formula is C16H18ClNO. The number of nitrogens with two attached hydrogens (primary N) is 1. The van der Waals surface area contributed by atoms with Gasteiger partial charge in [-0.15, -0.1) is 0 Å². The zero-order chi connectivity index (χ0) is 13.7. The lowest BCUT2D eigenvalue weighted by atomic mass is 10.0. The van der Waals surface area contributed by atoms with Crippen molar-refractivity contribution in [3.05, 3.63) is 59.1 Å². The minimum absolute atomic E-state index is 0.218. The molecule has 0 aromatic heterocycles. The summed E-state index contributed by atoms with van der Waals surface area (Å²) in [4.78, 5) is 0. The molecule has 0 aliphatic rings. The van der Waals surface area contributed by atoms with Gasteiger partial charge in [0.05, 0.1) is 5.02 Å². The highest BCUT2D eigenvalue weighted by Gasteiger charge is 2.04. The van der Waals surface area contributed by atoms with Gasteiger partial charge in [0, 0.05) is 6.04 Å². The molecular weight excluding hydrogens is 258 g/mol. The first-order valence-corrected chi connectivity index (χ1v) is 6.83. The number of hydrogen-bond donors (Lipinski definition) is 1. The summed E-state index contributed by atoms with van der Waals surface area (Å²) in [5, 5.41) is 0.611. The molecule has 19 heavy (non-hydrogen) atoms. The predicted octanol–water partition coefficient (Wildman–Crippen LogP) is 4.41. The largest absolute Gasteiger partial charge is 0.456 e. The molecule has 2 rings (SSSR count). The number of para-hydroxylation sites is 1. The van der Waals surface area contributed by atoms with Crippen LogP contribution in [0.3, 0.4) is 0 Å². The van der Waals surface area contributed by atoms with Crippen LogP contribution in [0.15, 0.2) is 48.5 Å². The Balaban J connectivity index is 2.05. The van der Waals surface area contributed by atoms with Gasteiger partial charge in [-0.05, 0) is 42.7 Å². The molecule has 0 spiro atoms. The van der Waals surface area contributed by atoms with Crippen molar-refractivity contribution in [1.29, 1.82) is 0 Å².